The van der Waals surface area contributed by atoms with E-state index in [1.165, 1.54) is 23.5 Å². The number of imidazole rings is 1. The molecule has 0 bridgehead atoms. The molecule has 2 N–H and O–H groups in total. The molecule has 0 aliphatic heterocycles. The van der Waals surface area contributed by atoms with Crippen molar-refractivity contribution in [2.45, 2.75) is 13.0 Å². The summed E-state index contributed by atoms with van der Waals surface area (Å²) in [5.41, 5.74) is 6.91. The first kappa shape index (κ1) is 14.4. The molecule has 0 saturated heterocycles. The second-order valence-corrected chi connectivity index (χ2v) is 5.64. The average molecular weight is 316 g/mol. The van der Waals surface area contributed by atoms with Gasteiger partial charge in [0.1, 0.15) is 11.9 Å². The van der Waals surface area contributed by atoms with Crippen LogP contribution in [0.1, 0.15) is 13.0 Å². The second-order valence-electron chi connectivity index (χ2n) is 4.78. The number of benzene rings is 1. The van der Waals surface area contributed by atoms with Gasteiger partial charge in [-0.3, -0.25) is 4.79 Å². The molecule has 2 heterocycles. The molecule has 1 atom stereocenters. The maximum absolute atomic E-state index is 13.0. The van der Waals surface area contributed by atoms with Crippen molar-refractivity contribution in [3.63, 3.8) is 0 Å². The SMILES string of the molecule is C[C@@H](C(N)=O)n1ccnc1-c1nc(-c2ccc(F)cc2)cs1. The van der Waals surface area contributed by atoms with Gasteiger partial charge in [-0.15, -0.1) is 11.3 Å². The van der Waals surface area contributed by atoms with E-state index in [9.17, 15) is 9.18 Å². The first-order valence-electron chi connectivity index (χ1n) is 6.60. The minimum Gasteiger partial charge on any atom is -0.368 e. The van der Waals surface area contributed by atoms with Crippen LogP contribution in [0, 0.1) is 5.82 Å². The molecule has 1 aromatic carbocycles. The van der Waals surface area contributed by atoms with E-state index < -0.39 is 11.9 Å². The van der Waals surface area contributed by atoms with E-state index in [1.54, 1.807) is 36.0 Å². The monoisotopic (exact) mass is 316 g/mol. The van der Waals surface area contributed by atoms with Crippen LogP contribution in [0.25, 0.3) is 22.1 Å². The summed E-state index contributed by atoms with van der Waals surface area (Å²) in [6.45, 7) is 1.71. The lowest BCUT2D eigenvalue weighted by atomic mass is 10.2. The zero-order valence-corrected chi connectivity index (χ0v) is 12.5. The molecule has 5 nitrogen and oxygen atoms in total. The number of hydrogen-bond donors (Lipinski definition) is 1. The number of carbonyl (C=O) groups is 1. The lowest BCUT2D eigenvalue weighted by molar-refractivity contribution is -0.120. The Hall–Kier alpha value is -2.54. The lowest BCUT2D eigenvalue weighted by Gasteiger charge is -2.11. The predicted octanol–water partition coefficient (Wildman–Crippen LogP) is 2.86. The summed E-state index contributed by atoms with van der Waals surface area (Å²) in [5, 5.41) is 2.55. The summed E-state index contributed by atoms with van der Waals surface area (Å²) in [4.78, 5) is 20.1. The third-order valence-corrected chi connectivity index (χ3v) is 4.17. The number of hydrogen-bond acceptors (Lipinski definition) is 4. The summed E-state index contributed by atoms with van der Waals surface area (Å²) >= 11 is 1.41. The summed E-state index contributed by atoms with van der Waals surface area (Å²) in [5.74, 6) is -0.135. The van der Waals surface area contributed by atoms with E-state index in [0.29, 0.717) is 10.8 Å². The van der Waals surface area contributed by atoms with Crippen molar-refractivity contribution in [3.8, 4) is 22.1 Å². The number of primary amides is 1. The molecule has 1 amide bonds. The van der Waals surface area contributed by atoms with Gasteiger partial charge in [-0.05, 0) is 31.2 Å². The molecule has 0 unspecified atom stereocenters. The van der Waals surface area contributed by atoms with Gasteiger partial charge in [0.25, 0.3) is 0 Å². The minimum absolute atomic E-state index is 0.287. The quantitative estimate of drug-likeness (QED) is 0.804. The number of carbonyl (C=O) groups excluding carboxylic acids is 1. The third kappa shape index (κ3) is 2.62. The Labute approximate surface area is 130 Å². The van der Waals surface area contributed by atoms with Gasteiger partial charge < -0.3 is 10.3 Å². The van der Waals surface area contributed by atoms with Gasteiger partial charge >= 0.3 is 0 Å². The van der Waals surface area contributed by atoms with Crippen LogP contribution in [0.5, 0.6) is 0 Å². The predicted molar refractivity (Wildman–Crippen MR) is 82.6 cm³/mol. The van der Waals surface area contributed by atoms with Gasteiger partial charge in [0.2, 0.25) is 5.91 Å². The van der Waals surface area contributed by atoms with Gasteiger partial charge in [0, 0.05) is 23.3 Å². The van der Waals surface area contributed by atoms with Crippen molar-refractivity contribution < 1.29 is 9.18 Å². The maximum atomic E-state index is 13.0. The largest absolute Gasteiger partial charge is 0.368 e. The summed E-state index contributed by atoms with van der Waals surface area (Å²) in [6.07, 6.45) is 3.30. The fraction of sp³-hybridized carbons (Fsp3) is 0.133. The number of nitrogens with zero attached hydrogens (tertiary/aromatic N) is 3. The zero-order chi connectivity index (χ0) is 15.7. The van der Waals surface area contributed by atoms with E-state index in [4.69, 9.17) is 5.73 Å². The standard InChI is InChI=1S/C15H13FN4OS/c1-9(13(17)21)20-7-6-18-14(20)15-19-12(8-22-15)10-2-4-11(16)5-3-10/h2-9H,1H3,(H2,17,21)/t9-/m0/s1. The first-order valence-corrected chi connectivity index (χ1v) is 7.48. The van der Waals surface area contributed by atoms with Crippen LogP contribution in [0.4, 0.5) is 4.39 Å². The fourth-order valence-corrected chi connectivity index (χ4v) is 2.88. The van der Waals surface area contributed by atoms with Crippen molar-refractivity contribution >= 4 is 17.2 Å². The maximum Gasteiger partial charge on any atom is 0.240 e. The summed E-state index contributed by atoms with van der Waals surface area (Å²) in [6, 6.07) is 5.63. The normalized spacial score (nSPS) is 12.3. The smallest absolute Gasteiger partial charge is 0.240 e. The van der Waals surface area contributed by atoms with E-state index in [-0.39, 0.29) is 5.82 Å². The van der Waals surface area contributed by atoms with Crippen LogP contribution in [0.15, 0.2) is 42.0 Å². The van der Waals surface area contributed by atoms with E-state index in [0.717, 1.165) is 11.3 Å². The first-order chi connectivity index (χ1) is 10.6. The Morgan fingerprint density at radius 1 is 1.36 bits per heavy atom. The molecular weight excluding hydrogens is 303 g/mol. The highest BCUT2D eigenvalue weighted by molar-refractivity contribution is 7.13. The van der Waals surface area contributed by atoms with Gasteiger partial charge in [0.05, 0.1) is 5.69 Å². The molecule has 7 heteroatoms. The van der Waals surface area contributed by atoms with Crippen molar-refractivity contribution in [3.05, 3.63) is 47.9 Å². The summed E-state index contributed by atoms with van der Waals surface area (Å²) in [7, 11) is 0. The average Bonchev–Trinajstić information content (AvgIpc) is 3.15. The van der Waals surface area contributed by atoms with Gasteiger partial charge in [0.15, 0.2) is 10.8 Å². The third-order valence-electron chi connectivity index (χ3n) is 3.33. The van der Waals surface area contributed by atoms with E-state index in [1.807, 2.05) is 5.38 Å². The minimum atomic E-state index is -0.504. The van der Waals surface area contributed by atoms with E-state index >= 15 is 0 Å². The van der Waals surface area contributed by atoms with Crippen LogP contribution in [0.2, 0.25) is 0 Å². The zero-order valence-electron chi connectivity index (χ0n) is 11.7. The molecule has 0 aliphatic carbocycles. The van der Waals surface area contributed by atoms with Crippen molar-refractivity contribution in [2.24, 2.45) is 5.73 Å². The van der Waals surface area contributed by atoms with Crippen LogP contribution in [-0.4, -0.2) is 20.4 Å². The van der Waals surface area contributed by atoms with Crippen molar-refractivity contribution in [1.29, 1.82) is 0 Å². The topological polar surface area (TPSA) is 73.8 Å². The highest BCUT2D eigenvalue weighted by Gasteiger charge is 2.18. The Balaban J connectivity index is 1.96. The van der Waals surface area contributed by atoms with Crippen LogP contribution in [-0.2, 0) is 4.79 Å². The molecule has 2 aromatic heterocycles. The molecule has 0 radical (unpaired) electrons. The molecule has 3 aromatic rings. The number of amides is 1. The summed E-state index contributed by atoms with van der Waals surface area (Å²) < 4.78 is 14.7. The van der Waals surface area contributed by atoms with Gasteiger partial charge in [-0.1, -0.05) is 0 Å². The molecule has 0 aliphatic rings. The number of thiazole rings is 1. The molecule has 3 rings (SSSR count). The second kappa shape index (κ2) is 5.69. The Kier molecular flexibility index (Phi) is 3.72. The molecule has 0 saturated carbocycles. The number of rotatable bonds is 4. The molecule has 112 valence electrons. The Bertz CT molecular complexity index is 809. The number of aromatic nitrogens is 3. The highest BCUT2D eigenvalue weighted by Crippen LogP contribution is 2.29. The number of nitrogens with two attached hydrogens (primary N) is 1. The van der Waals surface area contributed by atoms with Crippen molar-refractivity contribution in [2.75, 3.05) is 0 Å². The highest BCUT2D eigenvalue weighted by atomic mass is 32.1. The van der Waals surface area contributed by atoms with Crippen molar-refractivity contribution in [1.82, 2.24) is 14.5 Å². The molecule has 0 spiro atoms. The Morgan fingerprint density at radius 3 is 2.77 bits per heavy atom. The van der Waals surface area contributed by atoms with Crippen LogP contribution < -0.4 is 5.73 Å². The van der Waals surface area contributed by atoms with Gasteiger partial charge in [-0.25, -0.2) is 14.4 Å². The van der Waals surface area contributed by atoms with Crippen LogP contribution >= 0.6 is 11.3 Å². The van der Waals surface area contributed by atoms with E-state index in [2.05, 4.69) is 9.97 Å². The molecular formula is C15H13FN4OS. The van der Waals surface area contributed by atoms with Crippen LogP contribution in [0.3, 0.4) is 0 Å². The lowest BCUT2D eigenvalue weighted by Crippen LogP contribution is -2.24. The molecule has 0 fully saturated rings. The Morgan fingerprint density at radius 2 is 2.09 bits per heavy atom. The fourth-order valence-electron chi connectivity index (χ4n) is 2.06. The molecule has 22 heavy (non-hydrogen) atoms. The number of halogens is 1. The van der Waals surface area contributed by atoms with Gasteiger partial charge in [-0.2, -0.15) is 0 Å².